The van der Waals surface area contributed by atoms with Crippen LogP contribution in [0.2, 0.25) is 5.15 Å². The third-order valence-electron chi connectivity index (χ3n) is 5.11. The number of nitrogens with two attached hydrogens (primary N) is 2. The van der Waals surface area contributed by atoms with Gasteiger partial charge in [0.2, 0.25) is 11.9 Å². The first kappa shape index (κ1) is 19.3. The van der Waals surface area contributed by atoms with Gasteiger partial charge in [-0.25, -0.2) is 10.8 Å². The number of hydrogen-bond donors (Lipinski definition) is 3. The molecule has 1 atom stereocenters. The van der Waals surface area contributed by atoms with E-state index in [0.717, 1.165) is 17.7 Å². The van der Waals surface area contributed by atoms with E-state index in [4.69, 9.17) is 23.2 Å². The molecule has 3 rings (SSSR count). The fourth-order valence-electron chi connectivity index (χ4n) is 3.78. The lowest BCUT2D eigenvalue weighted by Gasteiger charge is -2.21. The minimum absolute atomic E-state index is 0.107. The molecule has 1 amide bonds. The number of nitrogens with one attached hydrogen (secondary N) is 1. The highest BCUT2D eigenvalue weighted by molar-refractivity contribution is 6.30. The standard InChI is InChI=1S/C18H24ClN7O/c1-4-12-9(2)6-22-13(10(12)3)8-26-7-11(5-14(27)25-21)15-16(19)23-18(20)24-17(15)26/h6,11H,4-5,7-8,21H2,1-3H3,(H,25,27)(H2,20,23,24). The molecule has 0 aromatic carbocycles. The van der Waals surface area contributed by atoms with Crippen molar-refractivity contribution < 1.29 is 4.79 Å². The quantitative estimate of drug-likeness (QED) is 0.308. The minimum Gasteiger partial charge on any atom is -0.368 e. The van der Waals surface area contributed by atoms with Crippen molar-refractivity contribution in [3.63, 3.8) is 0 Å². The van der Waals surface area contributed by atoms with E-state index in [1.807, 2.05) is 6.20 Å². The zero-order chi connectivity index (χ0) is 19.7. The van der Waals surface area contributed by atoms with Crippen molar-refractivity contribution in [2.75, 3.05) is 17.2 Å². The summed E-state index contributed by atoms with van der Waals surface area (Å²) in [6.07, 6.45) is 3.05. The topological polar surface area (TPSA) is 123 Å². The monoisotopic (exact) mass is 389 g/mol. The molecule has 27 heavy (non-hydrogen) atoms. The molecule has 0 saturated carbocycles. The van der Waals surface area contributed by atoms with Crippen LogP contribution in [0.15, 0.2) is 6.20 Å². The average molecular weight is 390 g/mol. The Kier molecular flexibility index (Phi) is 5.48. The molecule has 0 bridgehead atoms. The highest BCUT2D eigenvalue weighted by Gasteiger charge is 2.35. The highest BCUT2D eigenvalue weighted by Crippen LogP contribution is 2.41. The summed E-state index contributed by atoms with van der Waals surface area (Å²) in [5.74, 6) is 5.59. The van der Waals surface area contributed by atoms with Crippen LogP contribution in [0.25, 0.3) is 0 Å². The van der Waals surface area contributed by atoms with Gasteiger partial charge in [0, 0.05) is 30.6 Å². The van der Waals surface area contributed by atoms with E-state index < -0.39 is 0 Å². The molecule has 0 radical (unpaired) electrons. The minimum atomic E-state index is -0.265. The van der Waals surface area contributed by atoms with Gasteiger partial charge in [-0.2, -0.15) is 4.98 Å². The number of carbonyl (C=O) groups excluding carboxylic acids is 1. The van der Waals surface area contributed by atoms with E-state index in [1.165, 1.54) is 16.7 Å². The van der Waals surface area contributed by atoms with E-state index in [-0.39, 0.29) is 29.3 Å². The normalized spacial score (nSPS) is 15.7. The lowest BCUT2D eigenvalue weighted by atomic mass is 10.00. The number of aryl methyl sites for hydroxylation is 1. The number of amides is 1. The summed E-state index contributed by atoms with van der Waals surface area (Å²) in [4.78, 5) is 26.9. The number of fused-ring (bicyclic) bond motifs is 1. The SMILES string of the molecule is CCc1c(C)cnc(CN2CC(CC(=O)NN)c3c(Cl)nc(N)nc32)c1C. The number of nitrogen functional groups attached to an aromatic ring is 1. The fraction of sp³-hybridized carbons (Fsp3) is 0.444. The lowest BCUT2D eigenvalue weighted by Crippen LogP contribution is -2.32. The Bertz CT molecular complexity index is 886. The number of halogens is 1. The van der Waals surface area contributed by atoms with Gasteiger partial charge in [0.25, 0.3) is 0 Å². The van der Waals surface area contributed by atoms with Crippen LogP contribution in [0.3, 0.4) is 0 Å². The van der Waals surface area contributed by atoms with Crippen molar-refractivity contribution in [3.05, 3.63) is 39.3 Å². The molecule has 144 valence electrons. The zero-order valence-corrected chi connectivity index (χ0v) is 16.5. The van der Waals surface area contributed by atoms with Crippen LogP contribution in [0.4, 0.5) is 11.8 Å². The first-order chi connectivity index (χ1) is 12.8. The Morgan fingerprint density at radius 3 is 2.81 bits per heavy atom. The third kappa shape index (κ3) is 3.68. The van der Waals surface area contributed by atoms with Crippen molar-refractivity contribution in [2.45, 2.75) is 46.1 Å². The van der Waals surface area contributed by atoms with Crippen LogP contribution < -0.4 is 21.9 Å². The summed E-state index contributed by atoms with van der Waals surface area (Å²) < 4.78 is 0. The molecule has 0 aliphatic carbocycles. The van der Waals surface area contributed by atoms with E-state index in [9.17, 15) is 4.79 Å². The second-order valence-electron chi connectivity index (χ2n) is 6.80. The van der Waals surface area contributed by atoms with Gasteiger partial charge >= 0.3 is 0 Å². The smallest absolute Gasteiger partial charge is 0.234 e. The Morgan fingerprint density at radius 2 is 2.15 bits per heavy atom. The van der Waals surface area contributed by atoms with Crippen LogP contribution in [-0.4, -0.2) is 27.4 Å². The maximum Gasteiger partial charge on any atom is 0.234 e. The molecule has 1 aliphatic rings. The molecule has 8 nitrogen and oxygen atoms in total. The van der Waals surface area contributed by atoms with Crippen molar-refractivity contribution in [3.8, 4) is 0 Å². The number of anilines is 2. The Morgan fingerprint density at radius 1 is 1.41 bits per heavy atom. The molecule has 1 unspecified atom stereocenters. The number of rotatable bonds is 5. The third-order valence-corrected chi connectivity index (χ3v) is 5.40. The second-order valence-corrected chi connectivity index (χ2v) is 7.16. The predicted octanol–water partition coefficient (Wildman–Crippen LogP) is 1.77. The summed E-state index contributed by atoms with van der Waals surface area (Å²) >= 11 is 6.33. The van der Waals surface area contributed by atoms with Crippen molar-refractivity contribution in [2.24, 2.45) is 5.84 Å². The second kappa shape index (κ2) is 7.66. The molecular weight excluding hydrogens is 366 g/mol. The van der Waals surface area contributed by atoms with Gasteiger partial charge in [-0.05, 0) is 37.0 Å². The van der Waals surface area contributed by atoms with Crippen molar-refractivity contribution in [1.29, 1.82) is 0 Å². The molecule has 2 aromatic heterocycles. The summed E-state index contributed by atoms with van der Waals surface area (Å²) in [6.45, 7) is 7.42. The summed E-state index contributed by atoms with van der Waals surface area (Å²) in [5.41, 5.74) is 13.3. The zero-order valence-electron chi connectivity index (χ0n) is 15.7. The van der Waals surface area contributed by atoms with Gasteiger partial charge < -0.3 is 10.6 Å². The van der Waals surface area contributed by atoms with Crippen molar-refractivity contribution >= 4 is 29.3 Å². The van der Waals surface area contributed by atoms with Crippen LogP contribution in [0.5, 0.6) is 0 Å². The maximum atomic E-state index is 11.8. The molecule has 9 heteroatoms. The van der Waals surface area contributed by atoms with Gasteiger partial charge in [-0.3, -0.25) is 15.2 Å². The molecular formula is C18H24ClN7O. The summed E-state index contributed by atoms with van der Waals surface area (Å²) in [5, 5.41) is 0.276. The number of aromatic nitrogens is 3. The Hall–Kier alpha value is -2.45. The Balaban J connectivity index is 1.97. The van der Waals surface area contributed by atoms with Crippen LogP contribution in [0.1, 0.15) is 47.2 Å². The molecule has 2 aromatic rings. The molecule has 0 spiro atoms. The summed E-state index contributed by atoms with van der Waals surface area (Å²) in [6, 6.07) is 0. The number of nitrogens with zero attached hydrogens (tertiary/aromatic N) is 4. The van der Waals surface area contributed by atoms with E-state index in [2.05, 4.69) is 46.0 Å². The van der Waals surface area contributed by atoms with Gasteiger partial charge in [-0.15, -0.1) is 0 Å². The number of pyridine rings is 1. The predicted molar refractivity (Wildman–Crippen MR) is 105 cm³/mol. The van der Waals surface area contributed by atoms with Crippen LogP contribution in [-0.2, 0) is 17.8 Å². The molecule has 0 saturated heterocycles. The van der Waals surface area contributed by atoms with E-state index >= 15 is 0 Å². The van der Waals surface area contributed by atoms with Gasteiger partial charge in [0.15, 0.2) is 0 Å². The Labute approximate surface area is 163 Å². The van der Waals surface area contributed by atoms with E-state index in [1.54, 1.807) is 0 Å². The maximum absolute atomic E-state index is 11.8. The fourth-order valence-corrected chi connectivity index (χ4v) is 4.10. The summed E-state index contributed by atoms with van der Waals surface area (Å²) in [7, 11) is 0. The van der Waals surface area contributed by atoms with E-state index in [0.29, 0.717) is 18.9 Å². The highest BCUT2D eigenvalue weighted by atomic mass is 35.5. The molecule has 1 aliphatic heterocycles. The average Bonchev–Trinajstić information content (AvgIpc) is 2.95. The molecule has 0 fully saturated rings. The van der Waals surface area contributed by atoms with Gasteiger partial charge in [-0.1, -0.05) is 18.5 Å². The first-order valence-electron chi connectivity index (χ1n) is 8.86. The number of hydrogen-bond acceptors (Lipinski definition) is 7. The van der Waals surface area contributed by atoms with Crippen LogP contribution in [0, 0.1) is 13.8 Å². The van der Waals surface area contributed by atoms with Crippen LogP contribution >= 0.6 is 11.6 Å². The molecule has 5 N–H and O–H groups in total. The molecule has 3 heterocycles. The number of carbonyl (C=O) groups is 1. The largest absolute Gasteiger partial charge is 0.368 e. The van der Waals surface area contributed by atoms with Gasteiger partial charge in [0.05, 0.1) is 12.2 Å². The number of hydrazine groups is 1. The lowest BCUT2D eigenvalue weighted by molar-refractivity contribution is -0.121. The van der Waals surface area contributed by atoms with Gasteiger partial charge in [0.1, 0.15) is 11.0 Å². The van der Waals surface area contributed by atoms with Crippen molar-refractivity contribution in [1.82, 2.24) is 20.4 Å². The first-order valence-corrected chi connectivity index (χ1v) is 9.24.